The minimum absolute atomic E-state index is 0.0319. The zero-order valence-electron chi connectivity index (χ0n) is 8.07. The molecule has 0 aliphatic carbocycles. The molecule has 0 atom stereocenters. The largest absolute Gasteiger partial charge is 0.302 e. The number of amides is 1. The topological polar surface area (TPSA) is 76.1 Å². The van der Waals surface area contributed by atoms with Crippen molar-refractivity contribution in [2.24, 2.45) is 0 Å². The van der Waals surface area contributed by atoms with Crippen LogP contribution in [0.1, 0.15) is 19.0 Å². The fourth-order valence-electron chi connectivity index (χ4n) is 0.870. The van der Waals surface area contributed by atoms with Crippen LogP contribution in [0.15, 0.2) is 4.21 Å². The molecule has 0 aliphatic rings. The molecule has 0 fully saturated rings. The van der Waals surface area contributed by atoms with Gasteiger partial charge in [-0.3, -0.25) is 4.79 Å². The molecule has 0 bridgehead atoms. The van der Waals surface area contributed by atoms with Crippen molar-refractivity contribution in [3.8, 4) is 0 Å². The van der Waals surface area contributed by atoms with Gasteiger partial charge in [0.25, 0.3) is 9.05 Å². The Kier molecular flexibility index (Phi) is 3.69. The molecule has 0 aliphatic heterocycles. The number of nitrogens with zero attached hydrogens (tertiary/aromatic N) is 1. The third-order valence-electron chi connectivity index (χ3n) is 1.54. The lowest BCUT2D eigenvalue weighted by Crippen LogP contribution is -2.08. The van der Waals surface area contributed by atoms with Crippen LogP contribution in [0.5, 0.6) is 0 Å². The maximum absolute atomic E-state index is 11.0. The lowest BCUT2D eigenvalue weighted by molar-refractivity contribution is -0.115. The second-order valence-corrected chi connectivity index (χ2v) is 6.49. The molecule has 8 heteroatoms. The third kappa shape index (κ3) is 3.15. The Labute approximate surface area is 95.9 Å². The van der Waals surface area contributed by atoms with Gasteiger partial charge < -0.3 is 5.32 Å². The van der Waals surface area contributed by atoms with Crippen LogP contribution in [0.25, 0.3) is 0 Å². The number of hydrogen-bond donors (Lipinski definition) is 1. The fourth-order valence-corrected chi connectivity index (χ4v) is 3.24. The van der Waals surface area contributed by atoms with Gasteiger partial charge in [-0.05, 0) is 6.92 Å². The number of carbonyl (C=O) groups is 1. The minimum Gasteiger partial charge on any atom is -0.302 e. The van der Waals surface area contributed by atoms with Crippen LogP contribution in [0.2, 0.25) is 0 Å². The van der Waals surface area contributed by atoms with Crippen molar-refractivity contribution < 1.29 is 13.2 Å². The van der Waals surface area contributed by atoms with Gasteiger partial charge in [-0.1, -0.05) is 18.3 Å². The Morgan fingerprint density at radius 1 is 1.60 bits per heavy atom. The number of hydrogen-bond acceptors (Lipinski definition) is 5. The summed E-state index contributed by atoms with van der Waals surface area (Å²) in [7, 11) is 1.40. The number of anilines is 1. The molecule has 0 radical (unpaired) electrons. The highest BCUT2D eigenvalue weighted by atomic mass is 35.7. The molecule has 1 heterocycles. The highest BCUT2D eigenvalue weighted by molar-refractivity contribution is 8.15. The van der Waals surface area contributed by atoms with Crippen LogP contribution in [-0.4, -0.2) is 19.3 Å². The molecule has 1 amide bonds. The molecule has 0 aromatic carbocycles. The molecule has 5 nitrogen and oxygen atoms in total. The zero-order chi connectivity index (χ0) is 11.6. The maximum atomic E-state index is 11.0. The first-order valence-electron chi connectivity index (χ1n) is 4.06. The minimum atomic E-state index is -3.78. The molecule has 84 valence electrons. The Morgan fingerprint density at radius 3 is 2.60 bits per heavy atom. The molecule has 1 aromatic heterocycles. The van der Waals surface area contributed by atoms with Gasteiger partial charge in [-0.2, -0.15) is 0 Å². The van der Waals surface area contributed by atoms with E-state index in [0.717, 1.165) is 11.3 Å². The van der Waals surface area contributed by atoms with Crippen molar-refractivity contribution in [3.63, 3.8) is 0 Å². The van der Waals surface area contributed by atoms with Gasteiger partial charge in [-0.15, -0.1) is 0 Å². The van der Waals surface area contributed by atoms with Crippen LogP contribution in [-0.2, 0) is 13.8 Å². The van der Waals surface area contributed by atoms with E-state index in [1.54, 1.807) is 6.92 Å². The van der Waals surface area contributed by atoms with E-state index in [0.29, 0.717) is 12.1 Å². The van der Waals surface area contributed by atoms with Gasteiger partial charge in [-0.25, -0.2) is 13.4 Å². The van der Waals surface area contributed by atoms with Gasteiger partial charge in [0.1, 0.15) is 0 Å². The van der Waals surface area contributed by atoms with Crippen molar-refractivity contribution in [1.29, 1.82) is 0 Å². The highest BCUT2D eigenvalue weighted by Gasteiger charge is 2.19. The summed E-state index contributed by atoms with van der Waals surface area (Å²) < 4.78 is 22.1. The summed E-state index contributed by atoms with van der Waals surface area (Å²) in [5.41, 5.74) is 0.293. The second-order valence-electron chi connectivity index (χ2n) is 2.73. The number of aromatic nitrogens is 1. The number of halogens is 1. The van der Waals surface area contributed by atoms with Crippen molar-refractivity contribution in [3.05, 3.63) is 5.69 Å². The summed E-state index contributed by atoms with van der Waals surface area (Å²) in [6, 6.07) is 0. The average Bonchev–Trinajstić information content (AvgIpc) is 2.45. The molecule has 0 spiro atoms. The first-order valence-corrected chi connectivity index (χ1v) is 7.19. The molecule has 0 saturated carbocycles. The Bertz CT molecular complexity index is 480. The monoisotopic (exact) mass is 268 g/mol. The summed E-state index contributed by atoms with van der Waals surface area (Å²) >= 11 is 0.847. The van der Waals surface area contributed by atoms with E-state index in [1.807, 2.05) is 0 Å². The van der Waals surface area contributed by atoms with Gasteiger partial charge in [0.05, 0.1) is 5.69 Å². The van der Waals surface area contributed by atoms with Crippen LogP contribution in [0, 0.1) is 6.92 Å². The summed E-state index contributed by atoms with van der Waals surface area (Å²) in [6.07, 6.45) is 0.307. The van der Waals surface area contributed by atoms with Crippen LogP contribution in [0.4, 0.5) is 5.13 Å². The summed E-state index contributed by atoms with van der Waals surface area (Å²) in [5.74, 6) is -0.220. The van der Waals surface area contributed by atoms with Crippen molar-refractivity contribution in [2.75, 3.05) is 5.32 Å². The normalized spacial score (nSPS) is 11.4. The molecule has 1 aromatic rings. The highest BCUT2D eigenvalue weighted by Crippen LogP contribution is 2.29. The molecule has 15 heavy (non-hydrogen) atoms. The van der Waals surface area contributed by atoms with Crippen LogP contribution in [0.3, 0.4) is 0 Å². The molecule has 1 rings (SSSR count). The lowest BCUT2D eigenvalue weighted by Gasteiger charge is -1.95. The maximum Gasteiger partial charge on any atom is 0.272 e. The van der Waals surface area contributed by atoms with Gasteiger partial charge >= 0.3 is 0 Å². The number of thiazole rings is 1. The summed E-state index contributed by atoms with van der Waals surface area (Å²) in [5, 5.41) is 2.72. The molecular formula is C7H9ClN2O3S2. The average molecular weight is 269 g/mol. The van der Waals surface area contributed by atoms with E-state index in [4.69, 9.17) is 10.7 Å². The van der Waals surface area contributed by atoms with Crippen molar-refractivity contribution in [1.82, 2.24) is 4.98 Å². The predicted molar refractivity (Wildman–Crippen MR) is 58.8 cm³/mol. The Morgan fingerprint density at radius 2 is 2.20 bits per heavy atom. The third-order valence-corrected chi connectivity index (χ3v) is 4.79. The van der Waals surface area contributed by atoms with E-state index < -0.39 is 9.05 Å². The molecule has 0 unspecified atom stereocenters. The first kappa shape index (κ1) is 12.4. The number of aryl methyl sites for hydroxylation is 1. The fraction of sp³-hybridized carbons (Fsp3) is 0.429. The lowest BCUT2D eigenvalue weighted by atomic mass is 10.5. The first-order chi connectivity index (χ1) is 6.84. The van der Waals surface area contributed by atoms with Gasteiger partial charge in [0, 0.05) is 17.1 Å². The van der Waals surface area contributed by atoms with E-state index in [2.05, 4.69) is 10.3 Å². The number of carbonyl (C=O) groups excluding carboxylic acids is 1. The Hall–Kier alpha value is -0.660. The van der Waals surface area contributed by atoms with E-state index in [-0.39, 0.29) is 15.2 Å². The Balaban J connectivity index is 3.02. The molecule has 0 saturated heterocycles. The van der Waals surface area contributed by atoms with E-state index in [1.165, 1.54) is 6.92 Å². The zero-order valence-corrected chi connectivity index (χ0v) is 10.5. The summed E-state index contributed by atoms with van der Waals surface area (Å²) in [6.45, 7) is 3.21. The van der Waals surface area contributed by atoms with E-state index in [9.17, 15) is 13.2 Å². The predicted octanol–water partition coefficient (Wildman–Crippen LogP) is 1.73. The SMILES string of the molecule is CCC(=O)Nc1nc(C)c(S(=O)(=O)Cl)s1. The van der Waals surface area contributed by atoms with Crippen molar-refractivity contribution >= 4 is 42.1 Å². The van der Waals surface area contributed by atoms with Gasteiger partial charge in [0.2, 0.25) is 5.91 Å². The molecular weight excluding hydrogens is 260 g/mol. The summed E-state index contributed by atoms with van der Waals surface area (Å²) in [4.78, 5) is 14.9. The molecule has 1 N–H and O–H groups in total. The second kappa shape index (κ2) is 4.46. The van der Waals surface area contributed by atoms with E-state index >= 15 is 0 Å². The number of nitrogens with one attached hydrogen (secondary N) is 1. The van der Waals surface area contributed by atoms with Crippen LogP contribution < -0.4 is 5.32 Å². The quantitative estimate of drug-likeness (QED) is 0.847. The number of rotatable bonds is 3. The smallest absolute Gasteiger partial charge is 0.272 e. The van der Waals surface area contributed by atoms with Gasteiger partial charge in [0.15, 0.2) is 9.34 Å². The van der Waals surface area contributed by atoms with Crippen molar-refractivity contribution in [2.45, 2.75) is 24.5 Å². The standard InChI is InChI=1S/C7H9ClN2O3S2/c1-3-5(11)10-7-9-4(2)6(14-7)15(8,12)13/h3H2,1-2H3,(H,9,10,11). The van der Waals surface area contributed by atoms with Crippen LogP contribution >= 0.6 is 22.0 Å².